The van der Waals surface area contributed by atoms with Crippen LogP contribution in [0.25, 0.3) is 0 Å². The molecule has 0 saturated carbocycles. The van der Waals surface area contributed by atoms with Gasteiger partial charge in [0.2, 0.25) is 0 Å². The summed E-state index contributed by atoms with van der Waals surface area (Å²) in [5.74, 6) is 1.84. The number of rotatable bonds is 7. The van der Waals surface area contributed by atoms with Crippen LogP contribution in [-0.2, 0) is 13.0 Å². The Morgan fingerprint density at radius 3 is 2.92 bits per heavy atom. The average molecular weight is 469 g/mol. The molecule has 6 nitrogen and oxygen atoms in total. The van der Waals surface area contributed by atoms with Crippen molar-refractivity contribution in [2.45, 2.75) is 39.3 Å². The number of fused-ring (bicyclic) bond motifs is 1. The molecule has 2 N–H and O–H groups in total. The fourth-order valence-corrected chi connectivity index (χ4v) is 2.93. The first kappa shape index (κ1) is 20.5. The van der Waals surface area contributed by atoms with E-state index in [0.717, 1.165) is 44.2 Å². The highest BCUT2D eigenvalue weighted by molar-refractivity contribution is 14.0. The molecule has 3 rings (SSSR count). The van der Waals surface area contributed by atoms with Gasteiger partial charge in [-0.25, -0.2) is 4.99 Å². The summed E-state index contributed by atoms with van der Waals surface area (Å²) in [6.45, 7) is 7.39. The molecule has 7 heteroatoms. The molecule has 0 aliphatic carbocycles. The topological polar surface area (TPSA) is 63.5 Å². The van der Waals surface area contributed by atoms with Crippen molar-refractivity contribution in [1.29, 1.82) is 0 Å². The second-order valence-corrected chi connectivity index (χ2v) is 6.33. The predicted molar refractivity (Wildman–Crippen MR) is 116 cm³/mol. The van der Waals surface area contributed by atoms with E-state index >= 15 is 0 Å². The van der Waals surface area contributed by atoms with Gasteiger partial charge < -0.3 is 15.4 Å². The van der Waals surface area contributed by atoms with Gasteiger partial charge in [-0.1, -0.05) is 18.2 Å². The third-order valence-electron chi connectivity index (χ3n) is 4.13. The van der Waals surface area contributed by atoms with E-state index in [0.29, 0.717) is 6.54 Å². The van der Waals surface area contributed by atoms with Gasteiger partial charge in [0, 0.05) is 32.3 Å². The molecule has 26 heavy (non-hydrogen) atoms. The second-order valence-electron chi connectivity index (χ2n) is 6.33. The summed E-state index contributed by atoms with van der Waals surface area (Å²) in [6, 6.07) is 8.22. The Labute approximate surface area is 172 Å². The third kappa shape index (κ3) is 5.89. The van der Waals surface area contributed by atoms with E-state index in [-0.39, 0.29) is 30.1 Å². The molecule has 1 aromatic heterocycles. The van der Waals surface area contributed by atoms with E-state index in [2.05, 4.69) is 52.9 Å². The Bertz CT molecular complexity index is 690. The summed E-state index contributed by atoms with van der Waals surface area (Å²) in [6.07, 6.45) is 6.00. The van der Waals surface area contributed by atoms with E-state index < -0.39 is 0 Å². The first-order valence-electron chi connectivity index (χ1n) is 9.00. The molecule has 0 radical (unpaired) electrons. The standard InChI is InChI=1S/C19H27N5O.HI/c1-3-20-19(21-9-6-10-24-14-15(2)12-23-24)22-13-17-11-16-7-4-5-8-18(16)25-17;/h4-5,7-8,12,14,17H,3,6,9-11,13H2,1-2H3,(H2,20,21,22);1H. The van der Waals surface area contributed by atoms with Gasteiger partial charge in [-0.3, -0.25) is 4.68 Å². The van der Waals surface area contributed by atoms with Crippen LogP contribution < -0.4 is 15.4 Å². The zero-order chi connectivity index (χ0) is 17.5. The molecular weight excluding hydrogens is 441 g/mol. The van der Waals surface area contributed by atoms with E-state index in [4.69, 9.17) is 4.74 Å². The number of halogens is 1. The number of hydrogen-bond acceptors (Lipinski definition) is 3. The summed E-state index contributed by atoms with van der Waals surface area (Å²) < 4.78 is 7.92. The Morgan fingerprint density at radius 2 is 2.19 bits per heavy atom. The third-order valence-corrected chi connectivity index (χ3v) is 4.13. The van der Waals surface area contributed by atoms with Gasteiger partial charge in [0.25, 0.3) is 0 Å². The predicted octanol–water partition coefficient (Wildman–Crippen LogP) is 2.76. The largest absolute Gasteiger partial charge is 0.488 e. The number of aliphatic imine (C=N–C) groups is 1. The van der Waals surface area contributed by atoms with Crippen molar-refractivity contribution in [3.05, 3.63) is 47.8 Å². The van der Waals surface area contributed by atoms with Crippen molar-refractivity contribution >= 4 is 29.9 Å². The number of benzene rings is 1. The number of nitrogens with one attached hydrogen (secondary N) is 2. The zero-order valence-electron chi connectivity index (χ0n) is 15.4. The fourth-order valence-electron chi connectivity index (χ4n) is 2.93. The molecule has 1 unspecified atom stereocenters. The van der Waals surface area contributed by atoms with Crippen molar-refractivity contribution in [3.63, 3.8) is 0 Å². The molecule has 142 valence electrons. The van der Waals surface area contributed by atoms with Gasteiger partial charge in [0.1, 0.15) is 11.9 Å². The zero-order valence-corrected chi connectivity index (χ0v) is 17.8. The maximum atomic E-state index is 5.95. The summed E-state index contributed by atoms with van der Waals surface area (Å²) in [4.78, 5) is 4.67. The highest BCUT2D eigenvalue weighted by Gasteiger charge is 2.21. The second kappa shape index (κ2) is 10.4. The van der Waals surface area contributed by atoms with Crippen LogP contribution in [0.2, 0.25) is 0 Å². The van der Waals surface area contributed by atoms with Gasteiger partial charge in [-0.05, 0) is 37.5 Å². The fraction of sp³-hybridized carbons (Fsp3) is 0.474. The van der Waals surface area contributed by atoms with E-state index in [9.17, 15) is 0 Å². The van der Waals surface area contributed by atoms with Crippen LogP contribution in [0.1, 0.15) is 24.5 Å². The average Bonchev–Trinajstić information content (AvgIpc) is 3.21. The molecule has 0 saturated heterocycles. The minimum absolute atomic E-state index is 0. The molecule has 1 aromatic carbocycles. The van der Waals surface area contributed by atoms with Crippen LogP contribution in [-0.4, -0.2) is 41.5 Å². The van der Waals surface area contributed by atoms with Crippen molar-refractivity contribution < 1.29 is 4.74 Å². The molecule has 1 aliphatic heterocycles. The Hall–Kier alpha value is -1.77. The molecular formula is C19H28IN5O. The van der Waals surface area contributed by atoms with Crippen LogP contribution in [0, 0.1) is 6.92 Å². The minimum Gasteiger partial charge on any atom is -0.488 e. The van der Waals surface area contributed by atoms with Gasteiger partial charge in [-0.15, -0.1) is 24.0 Å². The van der Waals surface area contributed by atoms with Crippen molar-refractivity contribution in [2.24, 2.45) is 4.99 Å². The van der Waals surface area contributed by atoms with Gasteiger partial charge >= 0.3 is 0 Å². The molecule has 1 aliphatic rings. The maximum absolute atomic E-state index is 5.95. The van der Waals surface area contributed by atoms with Crippen LogP contribution in [0.3, 0.4) is 0 Å². The van der Waals surface area contributed by atoms with Crippen molar-refractivity contribution in [3.8, 4) is 5.75 Å². The number of aromatic nitrogens is 2. The van der Waals surface area contributed by atoms with E-state index in [1.807, 2.05) is 23.0 Å². The van der Waals surface area contributed by atoms with E-state index in [1.54, 1.807) is 0 Å². The molecule has 0 fully saturated rings. The lowest BCUT2D eigenvalue weighted by Crippen LogP contribution is -2.38. The number of hydrogen-bond donors (Lipinski definition) is 2. The monoisotopic (exact) mass is 469 g/mol. The maximum Gasteiger partial charge on any atom is 0.191 e. The van der Waals surface area contributed by atoms with Crippen LogP contribution in [0.4, 0.5) is 0 Å². The van der Waals surface area contributed by atoms with Crippen molar-refractivity contribution in [2.75, 3.05) is 19.6 Å². The van der Waals surface area contributed by atoms with Gasteiger partial charge in [-0.2, -0.15) is 5.10 Å². The first-order valence-corrected chi connectivity index (χ1v) is 9.00. The Morgan fingerprint density at radius 1 is 1.35 bits per heavy atom. The summed E-state index contributed by atoms with van der Waals surface area (Å²) in [7, 11) is 0. The number of para-hydroxylation sites is 1. The lowest BCUT2D eigenvalue weighted by Gasteiger charge is -2.13. The van der Waals surface area contributed by atoms with Gasteiger partial charge in [0.05, 0.1) is 12.7 Å². The smallest absolute Gasteiger partial charge is 0.191 e. The lowest BCUT2D eigenvalue weighted by atomic mass is 10.1. The number of nitrogens with zero attached hydrogens (tertiary/aromatic N) is 3. The summed E-state index contributed by atoms with van der Waals surface area (Å²) in [5.41, 5.74) is 2.47. The van der Waals surface area contributed by atoms with Crippen molar-refractivity contribution in [1.82, 2.24) is 20.4 Å². The number of guanidine groups is 1. The summed E-state index contributed by atoms with van der Waals surface area (Å²) >= 11 is 0. The normalized spacial score (nSPS) is 15.8. The minimum atomic E-state index is 0. The summed E-state index contributed by atoms with van der Waals surface area (Å²) in [5, 5.41) is 11.0. The Balaban J connectivity index is 0.00000243. The highest BCUT2D eigenvalue weighted by Crippen LogP contribution is 2.28. The van der Waals surface area contributed by atoms with Gasteiger partial charge in [0.15, 0.2) is 5.96 Å². The number of ether oxygens (including phenoxy) is 1. The molecule has 0 spiro atoms. The number of aryl methyl sites for hydroxylation is 2. The Kier molecular flexibility index (Phi) is 8.21. The lowest BCUT2D eigenvalue weighted by molar-refractivity contribution is 0.241. The molecule has 1 atom stereocenters. The van der Waals surface area contributed by atoms with Crippen LogP contribution >= 0.6 is 24.0 Å². The molecule has 2 heterocycles. The van der Waals surface area contributed by atoms with Crippen LogP contribution in [0.5, 0.6) is 5.75 Å². The molecule has 2 aromatic rings. The molecule has 0 bridgehead atoms. The first-order chi connectivity index (χ1) is 12.2. The highest BCUT2D eigenvalue weighted by atomic mass is 127. The van der Waals surface area contributed by atoms with E-state index in [1.165, 1.54) is 11.1 Å². The SMILES string of the molecule is CCNC(=NCC1Cc2ccccc2O1)NCCCn1cc(C)cn1.I. The van der Waals surface area contributed by atoms with Crippen LogP contribution in [0.15, 0.2) is 41.7 Å². The molecule has 0 amide bonds. The quantitative estimate of drug-likeness (QED) is 0.284.